The van der Waals surface area contributed by atoms with Crippen molar-refractivity contribution in [3.63, 3.8) is 0 Å². The zero-order valence-corrected chi connectivity index (χ0v) is 37.7. The number of rotatable bonds is 8. The molecule has 0 saturated carbocycles. The summed E-state index contributed by atoms with van der Waals surface area (Å²) < 4.78 is 28.2. The van der Waals surface area contributed by atoms with Gasteiger partial charge in [0.25, 0.3) is 0 Å². The molecule has 6 N–H and O–H groups in total. The molecule has 8 aromatic rings. The van der Waals surface area contributed by atoms with E-state index in [0.29, 0.717) is 11.1 Å². The van der Waals surface area contributed by atoms with Gasteiger partial charge in [-0.05, 0) is 91.6 Å². The van der Waals surface area contributed by atoms with Gasteiger partial charge in [0.05, 0.1) is 11.1 Å². The first kappa shape index (κ1) is 47.2. The Morgan fingerprint density at radius 3 is 1.13 bits per heavy atom. The first-order valence-corrected chi connectivity index (χ1v) is 22.9. The lowest BCUT2D eigenvalue weighted by Gasteiger charge is -2.44. The van der Waals surface area contributed by atoms with E-state index in [1.165, 1.54) is 12.1 Å². The molecular formula is C58H46O13. The van der Waals surface area contributed by atoms with Gasteiger partial charge >= 0.3 is 11.9 Å². The van der Waals surface area contributed by atoms with Crippen molar-refractivity contribution in [1.29, 1.82) is 0 Å². The first-order chi connectivity index (χ1) is 34.5. The predicted molar refractivity (Wildman–Crippen MR) is 263 cm³/mol. The molecule has 0 radical (unpaired) electrons. The average molecular weight is 951 g/mol. The van der Waals surface area contributed by atoms with Crippen LogP contribution in [0.4, 0.5) is 0 Å². The second-order valence-electron chi connectivity index (χ2n) is 17.4. The molecule has 0 aromatic heterocycles. The number of hydrogen-bond acceptors (Lipinski definition) is 13. The van der Waals surface area contributed by atoms with Crippen LogP contribution in [0.3, 0.4) is 0 Å². The SMILES string of the molecule is O=C(OC[C@H]1O[C@H](O[C@H]2O[C@H](COC(=O)c3cccc(C#Cc4c5ccccc5cc5ccccc45)c3)[C@@H](O)[C@H](O)[C@H]2O)[C@H](O)[C@@H](O)[C@@H]1O)c1cccc(C#Cc2c3ccccc3cc3ccccc23)c1. The summed E-state index contributed by atoms with van der Waals surface area (Å²) >= 11 is 0. The average Bonchev–Trinajstić information content (AvgIpc) is 3.40. The van der Waals surface area contributed by atoms with E-state index in [4.69, 9.17) is 23.7 Å². The predicted octanol–water partition coefficient (Wildman–Crippen LogP) is 5.74. The molecular weight excluding hydrogens is 905 g/mol. The Morgan fingerprint density at radius 1 is 0.408 bits per heavy atom. The van der Waals surface area contributed by atoms with Crippen molar-refractivity contribution in [1.82, 2.24) is 0 Å². The number of hydrogen-bond donors (Lipinski definition) is 6. The minimum atomic E-state index is -1.92. The molecule has 0 unspecified atom stereocenters. The molecule has 0 amide bonds. The maximum Gasteiger partial charge on any atom is 0.338 e. The molecule has 0 bridgehead atoms. The molecule has 10 atom stereocenters. The lowest BCUT2D eigenvalue weighted by atomic mass is 9.97. The molecule has 71 heavy (non-hydrogen) atoms. The maximum atomic E-state index is 13.3. The van der Waals surface area contributed by atoms with E-state index >= 15 is 0 Å². The topological polar surface area (TPSA) is 202 Å². The lowest BCUT2D eigenvalue weighted by molar-refractivity contribution is -0.376. The summed E-state index contributed by atoms with van der Waals surface area (Å²) in [6.07, 6.45) is -17.7. The quantitative estimate of drug-likeness (QED) is 0.0612. The molecule has 13 heteroatoms. The Kier molecular flexibility index (Phi) is 13.6. The number of esters is 2. The van der Waals surface area contributed by atoms with E-state index in [9.17, 15) is 40.2 Å². The Bertz CT molecular complexity index is 3110. The molecule has 0 aliphatic carbocycles. The van der Waals surface area contributed by atoms with Crippen LogP contribution in [0, 0.1) is 23.7 Å². The highest BCUT2D eigenvalue weighted by molar-refractivity contribution is 6.06. The van der Waals surface area contributed by atoms with E-state index in [1.54, 1.807) is 36.4 Å². The van der Waals surface area contributed by atoms with E-state index in [0.717, 1.165) is 54.2 Å². The van der Waals surface area contributed by atoms with Crippen LogP contribution in [-0.2, 0) is 23.7 Å². The third-order valence-corrected chi connectivity index (χ3v) is 12.8. The highest BCUT2D eigenvalue weighted by Gasteiger charge is 2.50. The van der Waals surface area contributed by atoms with Crippen molar-refractivity contribution >= 4 is 55.0 Å². The Labute approximate surface area is 407 Å². The fourth-order valence-electron chi connectivity index (χ4n) is 8.96. The van der Waals surface area contributed by atoms with Crippen molar-refractivity contribution < 1.29 is 63.9 Å². The Morgan fingerprint density at radius 2 is 0.761 bits per heavy atom. The standard InChI is InChI=1S/C58H46O13/c59-49-47(31-67-55(65)39-17-9-11-33(27-39)23-25-45-41-19-5-1-13-35(41)29-36-14-2-6-20-42(36)45)69-57(53(63)51(49)61)71-58-54(64)52(62)50(60)48(70-58)32-68-56(66)40-18-10-12-34(28-40)24-26-46-43-21-7-3-15-37(43)30-38-16-4-8-22-44(38)46/h1-22,27-30,47-54,57-64H,31-32H2/t47-,48-,49-,50-,51+,52+,53-,54-,57-,58-/m1/s1. The summed E-state index contributed by atoms with van der Waals surface area (Å²) in [5.41, 5.74) is 3.03. The zero-order valence-electron chi connectivity index (χ0n) is 37.7. The second kappa shape index (κ2) is 20.5. The van der Waals surface area contributed by atoms with E-state index in [2.05, 4.69) is 35.8 Å². The molecule has 10 rings (SSSR count). The van der Waals surface area contributed by atoms with Crippen LogP contribution in [0.2, 0.25) is 0 Å². The normalized spacial score (nSPS) is 24.1. The second-order valence-corrected chi connectivity index (χ2v) is 17.4. The van der Waals surface area contributed by atoms with Crippen molar-refractivity contribution in [3.05, 3.63) is 191 Å². The number of aliphatic hydroxyl groups excluding tert-OH is 6. The molecule has 2 fully saturated rings. The van der Waals surface area contributed by atoms with Gasteiger partial charge in [-0.3, -0.25) is 0 Å². The maximum absolute atomic E-state index is 13.3. The van der Waals surface area contributed by atoms with Gasteiger partial charge in [0, 0.05) is 22.3 Å². The van der Waals surface area contributed by atoms with Crippen molar-refractivity contribution in [2.45, 2.75) is 61.4 Å². The van der Waals surface area contributed by atoms with Crippen LogP contribution in [0.5, 0.6) is 0 Å². The van der Waals surface area contributed by atoms with Gasteiger partial charge in [0.15, 0.2) is 12.6 Å². The summed E-state index contributed by atoms with van der Waals surface area (Å²) in [5.74, 6) is 11.3. The monoisotopic (exact) mass is 950 g/mol. The van der Waals surface area contributed by atoms with Crippen LogP contribution < -0.4 is 0 Å². The van der Waals surface area contributed by atoms with Gasteiger partial charge < -0.3 is 54.3 Å². The van der Waals surface area contributed by atoms with E-state index in [1.807, 2.05) is 97.1 Å². The highest BCUT2D eigenvalue weighted by Crippen LogP contribution is 2.31. The van der Waals surface area contributed by atoms with Crippen LogP contribution in [-0.4, -0.2) is 117 Å². The van der Waals surface area contributed by atoms with Gasteiger partial charge in [-0.15, -0.1) is 0 Å². The molecule has 8 aromatic carbocycles. The molecule has 2 aliphatic heterocycles. The molecule has 2 saturated heterocycles. The van der Waals surface area contributed by atoms with Gasteiger partial charge in [-0.2, -0.15) is 0 Å². The Hall–Kier alpha value is -7.50. The number of ether oxygens (including phenoxy) is 5. The number of carbonyl (C=O) groups is 2. The molecule has 2 heterocycles. The molecule has 0 spiro atoms. The number of fused-ring (bicyclic) bond motifs is 4. The van der Waals surface area contributed by atoms with Crippen LogP contribution in [0.1, 0.15) is 43.0 Å². The fourth-order valence-corrected chi connectivity index (χ4v) is 8.96. The zero-order chi connectivity index (χ0) is 49.2. The van der Waals surface area contributed by atoms with Gasteiger partial charge in [0.1, 0.15) is 62.0 Å². The summed E-state index contributed by atoms with van der Waals surface area (Å²) in [7, 11) is 0. The third kappa shape index (κ3) is 9.84. The number of carbonyl (C=O) groups excluding carboxylic acids is 2. The van der Waals surface area contributed by atoms with Gasteiger partial charge in [-0.25, -0.2) is 9.59 Å². The summed E-state index contributed by atoms with van der Waals surface area (Å²) in [6.45, 7) is -1.22. The third-order valence-electron chi connectivity index (χ3n) is 12.8. The van der Waals surface area contributed by atoms with Crippen LogP contribution in [0.25, 0.3) is 43.1 Å². The fraction of sp³-hybridized carbons (Fsp3) is 0.207. The van der Waals surface area contributed by atoms with Gasteiger partial charge in [-0.1, -0.05) is 133 Å². The largest absolute Gasteiger partial charge is 0.459 e. The number of benzene rings is 8. The van der Waals surface area contributed by atoms with E-state index in [-0.39, 0.29) is 11.1 Å². The van der Waals surface area contributed by atoms with Crippen LogP contribution in [0.15, 0.2) is 158 Å². The summed E-state index contributed by atoms with van der Waals surface area (Å²) in [6, 6.07) is 49.0. The Balaban J connectivity index is 0.777. The van der Waals surface area contributed by atoms with Crippen LogP contribution >= 0.6 is 0 Å². The molecule has 13 nitrogen and oxygen atoms in total. The summed E-state index contributed by atoms with van der Waals surface area (Å²) in [4.78, 5) is 26.7. The van der Waals surface area contributed by atoms with Gasteiger partial charge in [0.2, 0.25) is 0 Å². The molecule has 356 valence electrons. The smallest absolute Gasteiger partial charge is 0.338 e. The van der Waals surface area contributed by atoms with Crippen molar-refractivity contribution in [2.75, 3.05) is 13.2 Å². The van der Waals surface area contributed by atoms with E-state index < -0.39 is 86.6 Å². The summed E-state index contributed by atoms with van der Waals surface area (Å²) in [5, 5.41) is 73.2. The minimum Gasteiger partial charge on any atom is -0.459 e. The molecule has 2 aliphatic rings. The number of aliphatic hydroxyl groups is 6. The van der Waals surface area contributed by atoms with Crippen molar-refractivity contribution in [3.8, 4) is 23.7 Å². The lowest BCUT2D eigenvalue weighted by Crippen LogP contribution is -2.64. The van der Waals surface area contributed by atoms with Crippen molar-refractivity contribution in [2.24, 2.45) is 0 Å². The first-order valence-electron chi connectivity index (χ1n) is 22.9. The minimum absolute atomic E-state index is 0.142. The highest BCUT2D eigenvalue weighted by atomic mass is 16.8.